The molecule has 0 amide bonds. The van der Waals surface area contributed by atoms with Crippen molar-refractivity contribution in [3.8, 4) is 5.75 Å². The van der Waals surface area contributed by atoms with Crippen LogP contribution in [-0.2, 0) is 6.42 Å². The van der Waals surface area contributed by atoms with Gasteiger partial charge in [0.05, 0.1) is 17.6 Å². The number of nitrogen functional groups attached to an aromatic ring is 1. The summed E-state index contributed by atoms with van der Waals surface area (Å²) < 4.78 is 5.46. The fourth-order valence-electron chi connectivity index (χ4n) is 1.61. The Morgan fingerprint density at radius 1 is 1.32 bits per heavy atom. The zero-order valence-corrected chi connectivity index (χ0v) is 10.2. The van der Waals surface area contributed by atoms with Crippen molar-refractivity contribution >= 4 is 11.4 Å². The van der Waals surface area contributed by atoms with Crippen LogP contribution in [0.5, 0.6) is 5.75 Å². The minimum absolute atomic E-state index is 0.0761. The molecule has 1 aromatic carbocycles. The van der Waals surface area contributed by atoms with Crippen LogP contribution in [0.3, 0.4) is 0 Å². The van der Waals surface area contributed by atoms with Gasteiger partial charge >= 0.3 is 0 Å². The minimum atomic E-state index is -0.498. The lowest BCUT2D eigenvalue weighted by Crippen LogP contribution is -2.03. The molecule has 2 aromatic rings. The van der Waals surface area contributed by atoms with Crippen molar-refractivity contribution in [3.63, 3.8) is 0 Å². The summed E-state index contributed by atoms with van der Waals surface area (Å²) >= 11 is 0. The first kappa shape index (κ1) is 12.8. The summed E-state index contributed by atoms with van der Waals surface area (Å²) in [5.74, 6) is 0.391. The molecule has 0 saturated carbocycles. The van der Waals surface area contributed by atoms with Crippen LogP contribution in [-0.4, -0.2) is 16.5 Å². The second kappa shape index (κ2) is 5.81. The van der Waals surface area contributed by atoms with Gasteiger partial charge in [0.25, 0.3) is 5.69 Å². The second-order valence-corrected chi connectivity index (χ2v) is 3.94. The van der Waals surface area contributed by atoms with Gasteiger partial charge in [0.15, 0.2) is 0 Å². The summed E-state index contributed by atoms with van der Waals surface area (Å²) in [5.41, 5.74) is 6.72. The summed E-state index contributed by atoms with van der Waals surface area (Å²) in [6, 6.07) is 9.84. The van der Waals surface area contributed by atoms with Crippen molar-refractivity contribution in [2.24, 2.45) is 0 Å². The molecule has 0 aliphatic rings. The number of nitro benzene ring substituents is 1. The molecule has 0 unspecified atom stereocenters. The Hall–Kier alpha value is -2.63. The number of ether oxygens (including phenoxy) is 1. The van der Waals surface area contributed by atoms with Crippen LogP contribution in [0.25, 0.3) is 0 Å². The number of non-ortho nitro benzene ring substituents is 1. The van der Waals surface area contributed by atoms with Crippen molar-refractivity contribution < 1.29 is 9.66 Å². The molecule has 0 aliphatic carbocycles. The van der Waals surface area contributed by atoms with Gasteiger partial charge < -0.3 is 10.5 Å². The highest BCUT2D eigenvalue weighted by Crippen LogP contribution is 2.24. The van der Waals surface area contributed by atoms with Crippen molar-refractivity contribution in [2.75, 3.05) is 12.3 Å². The smallest absolute Gasteiger partial charge is 0.275 e. The maximum atomic E-state index is 10.7. The number of nitrogens with two attached hydrogens (primary N) is 1. The predicted octanol–water partition coefficient (Wildman–Crippen LogP) is 2.19. The number of rotatable bonds is 5. The van der Waals surface area contributed by atoms with E-state index in [1.165, 1.54) is 12.1 Å². The van der Waals surface area contributed by atoms with Crippen LogP contribution in [0.4, 0.5) is 11.4 Å². The van der Waals surface area contributed by atoms with Crippen molar-refractivity contribution in [1.29, 1.82) is 0 Å². The Kier molecular flexibility index (Phi) is 3.92. The molecular formula is C13H13N3O3. The van der Waals surface area contributed by atoms with Gasteiger partial charge in [-0.1, -0.05) is 6.07 Å². The van der Waals surface area contributed by atoms with E-state index in [9.17, 15) is 10.1 Å². The van der Waals surface area contributed by atoms with Crippen LogP contribution < -0.4 is 10.5 Å². The van der Waals surface area contributed by atoms with Crippen LogP contribution in [0.1, 0.15) is 5.69 Å². The van der Waals surface area contributed by atoms with Gasteiger partial charge in [0.2, 0.25) is 0 Å². The van der Waals surface area contributed by atoms with E-state index in [0.717, 1.165) is 5.69 Å². The fraction of sp³-hybridized carbons (Fsp3) is 0.154. The topological polar surface area (TPSA) is 91.3 Å². The average Bonchev–Trinajstić information content (AvgIpc) is 2.39. The Morgan fingerprint density at radius 2 is 2.16 bits per heavy atom. The average molecular weight is 259 g/mol. The molecule has 6 nitrogen and oxygen atoms in total. The number of pyridine rings is 1. The molecule has 19 heavy (non-hydrogen) atoms. The molecule has 0 fully saturated rings. The molecule has 1 aromatic heterocycles. The van der Waals surface area contributed by atoms with Crippen molar-refractivity contribution in [3.05, 3.63) is 58.4 Å². The predicted molar refractivity (Wildman–Crippen MR) is 70.9 cm³/mol. The van der Waals surface area contributed by atoms with E-state index >= 15 is 0 Å². The molecule has 0 atom stereocenters. The van der Waals surface area contributed by atoms with Gasteiger partial charge in [-0.15, -0.1) is 0 Å². The number of benzene rings is 1. The molecule has 0 spiro atoms. The van der Waals surface area contributed by atoms with E-state index in [4.69, 9.17) is 10.5 Å². The first-order valence-corrected chi connectivity index (χ1v) is 5.73. The van der Waals surface area contributed by atoms with E-state index in [-0.39, 0.29) is 5.69 Å². The molecule has 0 aliphatic heterocycles. The van der Waals surface area contributed by atoms with Gasteiger partial charge in [-0.05, 0) is 12.1 Å². The van der Waals surface area contributed by atoms with E-state index in [2.05, 4.69) is 4.98 Å². The Labute approximate surface area is 110 Å². The molecule has 0 saturated heterocycles. The molecule has 6 heteroatoms. The fourth-order valence-corrected chi connectivity index (χ4v) is 1.61. The second-order valence-electron chi connectivity index (χ2n) is 3.94. The largest absolute Gasteiger partial charge is 0.493 e. The third-order valence-corrected chi connectivity index (χ3v) is 2.48. The van der Waals surface area contributed by atoms with E-state index < -0.39 is 4.92 Å². The maximum Gasteiger partial charge on any atom is 0.275 e. The monoisotopic (exact) mass is 259 g/mol. The first-order valence-electron chi connectivity index (χ1n) is 5.73. The highest BCUT2D eigenvalue weighted by atomic mass is 16.6. The van der Waals surface area contributed by atoms with Crippen LogP contribution in [0.15, 0.2) is 42.6 Å². The molecular weight excluding hydrogens is 246 g/mol. The van der Waals surface area contributed by atoms with Gasteiger partial charge in [0.1, 0.15) is 5.75 Å². The van der Waals surface area contributed by atoms with Crippen molar-refractivity contribution in [1.82, 2.24) is 4.98 Å². The zero-order valence-electron chi connectivity index (χ0n) is 10.2. The standard InChI is InChI=1S/C13H13N3O3/c14-10-7-12(16(17)18)9-13(8-10)19-6-4-11-3-1-2-5-15-11/h1-3,5,7-9H,4,6,14H2. The summed E-state index contributed by atoms with van der Waals surface area (Å²) in [7, 11) is 0. The number of anilines is 1. The summed E-state index contributed by atoms with van der Waals surface area (Å²) in [6.45, 7) is 0.387. The number of nitrogens with zero attached hydrogens (tertiary/aromatic N) is 2. The molecule has 2 N–H and O–H groups in total. The lowest BCUT2D eigenvalue weighted by molar-refractivity contribution is -0.384. The molecule has 0 radical (unpaired) electrons. The third-order valence-electron chi connectivity index (χ3n) is 2.48. The number of aromatic nitrogens is 1. The normalized spacial score (nSPS) is 10.1. The van der Waals surface area contributed by atoms with E-state index in [1.807, 2.05) is 18.2 Å². The molecule has 1 heterocycles. The minimum Gasteiger partial charge on any atom is -0.493 e. The van der Waals surface area contributed by atoms with E-state index in [0.29, 0.717) is 24.5 Å². The van der Waals surface area contributed by atoms with Gasteiger partial charge in [-0.3, -0.25) is 15.1 Å². The highest BCUT2D eigenvalue weighted by Gasteiger charge is 2.09. The van der Waals surface area contributed by atoms with Gasteiger partial charge in [-0.2, -0.15) is 0 Å². The van der Waals surface area contributed by atoms with Crippen LogP contribution in [0.2, 0.25) is 0 Å². The summed E-state index contributed by atoms with van der Waals surface area (Å²) in [5, 5.41) is 10.7. The lowest BCUT2D eigenvalue weighted by Gasteiger charge is -2.06. The van der Waals surface area contributed by atoms with Crippen LogP contribution in [0, 0.1) is 10.1 Å². The first-order chi connectivity index (χ1) is 9.15. The molecule has 0 bridgehead atoms. The SMILES string of the molecule is Nc1cc(OCCc2ccccn2)cc([N+](=O)[O-])c1. The molecule has 2 rings (SSSR count). The van der Waals surface area contributed by atoms with Crippen LogP contribution >= 0.6 is 0 Å². The Bertz CT molecular complexity index is 573. The number of hydrogen-bond donors (Lipinski definition) is 1. The molecule has 98 valence electrons. The highest BCUT2D eigenvalue weighted by molar-refractivity contribution is 5.53. The number of hydrogen-bond acceptors (Lipinski definition) is 5. The van der Waals surface area contributed by atoms with Crippen molar-refractivity contribution in [2.45, 2.75) is 6.42 Å². The third kappa shape index (κ3) is 3.67. The zero-order chi connectivity index (χ0) is 13.7. The Balaban J connectivity index is 1.98. The van der Waals surface area contributed by atoms with E-state index in [1.54, 1.807) is 12.3 Å². The lowest BCUT2D eigenvalue weighted by atomic mass is 10.2. The summed E-state index contributed by atoms with van der Waals surface area (Å²) in [6.07, 6.45) is 2.34. The summed E-state index contributed by atoms with van der Waals surface area (Å²) in [4.78, 5) is 14.3. The number of nitro groups is 1. The Morgan fingerprint density at radius 3 is 2.84 bits per heavy atom. The van der Waals surface area contributed by atoms with Gasteiger partial charge in [0, 0.05) is 36.1 Å². The van der Waals surface area contributed by atoms with Gasteiger partial charge in [-0.25, -0.2) is 0 Å². The maximum absolute atomic E-state index is 10.7. The quantitative estimate of drug-likeness (QED) is 0.505.